The van der Waals surface area contributed by atoms with Crippen LogP contribution in [0.2, 0.25) is 0 Å². The van der Waals surface area contributed by atoms with Gasteiger partial charge < -0.3 is 14.8 Å². The zero-order valence-corrected chi connectivity index (χ0v) is 14.0. The summed E-state index contributed by atoms with van der Waals surface area (Å²) in [6.45, 7) is 4.57. The summed E-state index contributed by atoms with van der Waals surface area (Å²) in [6, 6.07) is 5.51. The summed E-state index contributed by atoms with van der Waals surface area (Å²) < 4.78 is 0. The van der Waals surface area contributed by atoms with Gasteiger partial charge in [-0.15, -0.1) is 0 Å². The first-order chi connectivity index (χ1) is 10.5. The topological polar surface area (TPSA) is 63.7 Å². The normalized spacial score (nSPS) is 24.8. The van der Waals surface area contributed by atoms with E-state index in [1.54, 1.807) is 17.0 Å². The maximum Gasteiger partial charge on any atom is 1.00 e. The van der Waals surface area contributed by atoms with Crippen LogP contribution in [0.1, 0.15) is 47.2 Å². The Morgan fingerprint density at radius 1 is 1.35 bits per heavy atom. The fourth-order valence-electron chi connectivity index (χ4n) is 3.60. The number of carbonyl (C=O) groups excluding carboxylic acids is 2. The molecule has 23 heavy (non-hydrogen) atoms. The molecule has 2 unspecified atom stereocenters. The van der Waals surface area contributed by atoms with Crippen LogP contribution in [-0.4, -0.2) is 47.9 Å². The van der Waals surface area contributed by atoms with Crippen LogP contribution in [0.4, 0.5) is 0 Å². The second-order valence-electron chi connectivity index (χ2n) is 6.49. The van der Waals surface area contributed by atoms with Crippen molar-refractivity contribution in [2.75, 3.05) is 20.1 Å². The molecule has 2 aliphatic rings. The maximum atomic E-state index is 11.9. The summed E-state index contributed by atoms with van der Waals surface area (Å²) in [7, 11) is 1.85. The molecule has 2 heterocycles. The Balaban J connectivity index is 0.00000192. The van der Waals surface area contributed by atoms with Gasteiger partial charge in [0.1, 0.15) is 0 Å². The van der Waals surface area contributed by atoms with E-state index in [0.717, 1.165) is 25.1 Å². The first-order valence-electron chi connectivity index (χ1n) is 7.78. The van der Waals surface area contributed by atoms with E-state index >= 15 is 0 Å². The van der Waals surface area contributed by atoms with Crippen molar-refractivity contribution in [3.8, 4) is 0 Å². The number of carboxylic acids is 1. The molecule has 1 aromatic carbocycles. The number of piperidine rings is 1. The number of hydrogen-bond donors (Lipinski definition) is 0. The van der Waals surface area contributed by atoms with Gasteiger partial charge in [-0.3, -0.25) is 9.69 Å². The Hall–Kier alpha value is -1.28. The number of carbonyl (C=O) groups is 2. The van der Waals surface area contributed by atoms with Crippen molar-refractivity contribution in [2.45, 2.75) is 38.3 Å². The molecular weight excluding hydrogens is 287 g/mol. The molecule has 0 spiro atoms. The van der Waals surface area contributed by atoms with Crippen LogP contribution in [0, 0.1) is 0 Å². The monoisotopic (exact) mass is 308 g/mol. The SMILES string of the molecule is CC1CN(C2CCN(C)C(=O)C2)Cc2cc(C(=O)[O-])ccc21.[Li+]. The molecule has 0 aliphatic carbocycles. The molecule has 3 rings (SSSR count). The van der Waals surface area contributed by atoms with Crippen molar-refractivity contribution >= 4 is 11.9 Å². The fraction of sp³-hybridized carbons (Fsp3) is 0.529. The molecule has 0 bridgehead atoms. The molecule has 2 atom stereocenters. The molecule has 0 N–H and O–H groups in total. The van der Waals surface area contributed by atoms with Gasteiger partial charge in [-0.2, -0.15) is 0 Å². The summed E-state index contributed by atoms with van der Waals surface area (Å²) in [4.78, 5) is 27.1. The van der Waals surface area contributed by atoms with E-state index in [0.29, 0.717) is 18.9 Å². The summed E-state index contributed by atoms with van der Waals surface area (Å²) >= 11 is 0. The third-order valence-electron chi connectivity index (χ3n) is 4.94. The van der Waals surface area contributed by atoms with E-state index in [-0.39, 0.29) is 36.4 Å². The number of rotatable bonds is 2. The second kappa shape index (κ2) is 7.08. The standard InChI is InChI=1S/C17H22N2O3.Li/c1-11-9-19(14-5-6-18(2)16(20)8-14)10-13-7-12(17(21)22)3-4-15(11)13;/h3-4,7,11,14H,5-6,8-10H2,1-2H3,(H,21,22);/q;+1/p-1. The predicted molar refractivity (Wildman–Crippen MR) is 80.3 cm³/mol. The molecule has 1 saturated heterocycles. The fourth-order valence-corrected chi connectivity index (χ4v) is 3.60. The van der Waals surface area contributed by atoms with E-state index in [1.807, 2.05) is 13.1 Å². The molecule has 1 fully saturated rings. The van der Waals surface area contributed by atoms with Crippen molar-refractivity contribution < 1.29 is 33.6 Å². The first kappa shape index (κ1) is 18.1. The van der Waals surface area contributed by atoms with Gasteiger partial charge in [0.15, 0.2) is 0 Å². The van der Waals surface area contributed by atoms with Gasteiger partial charge in [0.25, 0.3) is 0 Å². The van der Waals surface area contributed by atoms with Gasteiger partial charge in [-0.1, -0.05) is 19.1 Å². The van der Waals surface area contributed by atoms with Crippen molar-refractivity contribution in [2.24, 2.45) is 0 Å². The van der Waals surface area contributed by atoms with E-state index in [4.69, 9.17) is 0 Å². The van der Waals surface area contributed by atoms with Gasteiger partial charge in [0.2, 0.25) is 5.91 Å². The number of likely N-dealkylation sites (tertiary alicyclic amines) is 1. The van der Waals surface area contributed by atoms with E-state index in [2.05, 4.69) is 11.8 Å². The van der Waals surface area contributed by atoms with Crippen LogP contribution in [-0.2, 0) is 11.3 Å². The van der Waals surface area contributed by atoms with Crippen molar-refractivity contribution in [3.63, 3.8) is 0 Å². The minimum absolute atomic E-state index is 0. The molecular formula is C17H21LiN2O3. The Bertz CT molecular complexity index is 620. The van der Waals surface area contributed by atoms with Gasteiger partial charge in [-0.25, -0.2) is 0 Å². The summed E-state index contributed by atoms with van der Waals surface area (Å²) in [6.07, 6.45) is 1.53. The first-order valence-corrected chi connectivity index (χ1v) is 7.78. The Labute approximate surface area is 148 Å². The maximum absolute atomic E-state index is 11.9. The molecule has 1 amide bonds. The van der Waals surface area contributed by atoms with Crippen LogP contribution < -0.4 is 24.0 Å². The average molecular weight is 308 g/mol. The predicted octanol–water partition coefficient (Wildman–Crippen LogP) is -2.41. The number of carboxylic acid groups (broad SMARTS) is 1. The second-order valence-corrected chi connectivity index (χ2v) is 6.49. The molecule has 2 aliphatic heterocycles. The number of benzene rings is 1. The van der Waals surface area contributed by atoms with E-state index in [1.165, 1.54) is 5.56 Å². The number of nitrogens with zero attached hydrogens (tertiary/aromatic N) is 2. The number of aromatic carboxylic acids is 1. The molecule has 118 valence electrons. The average Bonchev–Trinajstić information content (AvgIpc) is 2.49. The van der Waals surface area contributed by atoms with E-state index < -0.39 is 5.97 Å². The molecule has 1 aromatic rings. The van der Waals surface area contributed by atoms with Crippen LogP contribution >= 0.6 is 0 Å². The number of hydrogen-bond acceptors (Lipinski definition) is 4. The van der Waals surface area contributed by atoms with Crippen LogP contribution in [0.3, 0.4) is 0 Å². The van der Waals surface area contributed by atoms with Crippen molar-refractivity contribution in [3.05, 3.63) is 34.9 Å². The molecule has 0 aromatic heterocycles. The van der Waals surface area contributed by atoms with E-state index in [9.17, 15) is 14.7 Å². The van der Waals surface area contributed by atoms with Crippen molar-refractivity contribution in [1.29, 1.82) is 0 Å². The minimum Gasteiger partial charge on any atom is -0.545 e. The molecule has 5 nitrogen and oxygen atoms in total. The molecule has 0 saturated carbocycles. The number of amides is 1. The summed E-state index contributed by atoms with van der Waals surface area (Å²) in [5.41, 5.74) is 2.49. The Morgan fingerprint density at radius 2 is 2.09 bits per heavy atom. The Kier molecular flexibility index (Phi) is 5.56. The third kappa shape index (κ3) is 3.63. The van der Waals surface area contributed by atoms with Crippen LogP contribution in [0.5, 0.6) is 0 Å². The van der Waals surface area contributed by atoms with Crippen LogP contribution in [0.15, 0.2) is 18.2 Å². The molecule has 0 radical (unpaired) electrons. The Morgan fingerprint density at radius 3 is 2.74 bits per heavy atom. The largest absolute Gasteiger partial charge is 1.00 e. The van der Waals surface area contributed by atoms with Crippen molar-refractivity contribution in [1.82, 2.24) is 9.80 Å². The smallest absolute Gasteiger partial charge is 0.545 e. The minimum atomic E-state index is -1.14. The van der Waals surface area contributed by atoms with Gasteiger partial charge in [0, 0.05) is 39.1 Å². The molecule has 6 heteroatoms. The quantitative estimate of drug-likeness (QED) is 0.571. The number of fused-ring (bicyclic) bond motifs is 1. The summed E-state index contributed by atoms with van der Waals surface area (Å²) in [5, 5.41) is 11.1. The van der Waals surface area contributed by atoms with Crippen LogP contribution in [0.25, 0.3) is 0 Å². The zero-order valence-electron chi connectivity index (χ0n) is 14.0. The van der Waals surface area contributed by atoms with Gasteiger partial charge in [0.05, 0.1) is 5.97 Å². The zero-order chi connectivity index (χ0) is 15.9. The third-order valence-corrected chi connectivity index (χ3v) is 4.94. The van der Waals surface area contributed by atoms with Gasteiger partial charge in [-0.05, 0) is 35.1 Å². The summed E-state index contributed by atoms with van der Waals surface area (Å²) in [5.74, 6) is -0.602. The van der Waals surface area contributed by atoms with Gasteiger partial charge >= 0.3 is 18.9 Å².